The maximum Gasteiger partial charge on any atom is 0.302 e. The van der Waals surface area contributed by atoms with E-state index in [4.69, 9.17) is 9.47 Å². The lowest BCUT2D eigenvalue weighted by atomic mass is 9.54. The molecule has 0 amide bonds. The van der Waals surface area contributed by atoms with E-state index in [0.29, 0.717) is 17.8 Å². The maximum absolute atomic E-state index is 11.6. The fourth-order valence-electron chi connectivity index (χ4n) is 7.54. The smallest absolute Gasteiger partial charge is 0.302 e. The van der Waals surface area contributed by atoms with Gasteiger partial charge in [-0.05, 0) is 68.6 Å². The van der Waals surface area contributed by atoms with Crippen molar-refractivity contribution in [3.05, 3.63) is 11.1 Å². The second kappa shape index (κ2) is 6.35. The topological polar surface area (TPSA) is 52.6 Å². The summed E-state index contributed by atoms with van der Waals surface area (Å²) >= 11 is 0. The summed E-state index contributed by atoms with van der Waals surface area (Å²) in [4.78, 5) is 23.1. The van der Waals surface area contributed by atoms with Gasteiger partial charge in [-0.3, -0.25) is 9.59 Å². The zero-order chi connectivity index (χ0) is 19.6. The van der Waals surface area contributed by atoms with Crippen molar-refractivity contribution in [3.8, 4) is 0 Å². The van der Waals surface area contributed by atoms with Crippen LogP contribution in [0.25, 0.3) is 0 Å². The van der Waals surface area contributed by atoms with Crippen LogP contribution in [0, 0.1) is 28.6 Å². The number of carbonyl (C=O) groups is 2. The second-order valence-corrected chi connectivity index (χ2v) is 10.0. The van der Waals surface area contributed by atoms with Gasteiger partial charge < -0.3 is 9.47 Å². The molecule has 0 spiro atoms. The normalized spacial score (nSPS) is 45.7. The third-order valence-electron chi connectivity index (χ3n) is 8.73. The molecule has 4 aliphatic carbocycles. The first-order valence-corrected chi connectivity index (χ1v) is 10.7. The Morgan fingerprint density at radius 3 is 2.30 bits per heavy atom. The van der Waals surface area contributed by atoms with Crippen LogP contribution in [-0.2, 0) is 19.1 Å². The highest BCUT2D eigenvalue weighted by Crippen LogP contribution is 2.68. The van der Waals surface area contributed by atoms with Gasteiger partial charge in [-0.1, -0.05) is 25.0 Å². The monoisotopic (exact) mass is 374 g/mol. The van der Waals surface area contributed by atoms with Crippen molar-refractivity contribution in [2.24, 2.45) is 28.6 Å². The Kier molecular flexibility index (Phi) is 4.47. The van der Waals surface area contributed by atoms with E-state index in [1.54, 1.807) is 11.1 Å². The van der Waals surface area contributed by atoms with Crippen LogP contribution in [0.15, 0.2) is 11.1 Å². The predicted octanol–water partition coefficient (Wildman–Crippen LogP) is 4.81. The first kappa shape index (κ1) is 19.0. The average molecular weight is 375 g/mol. The summed E-state index contributed by atoms with van der Waals surface area (Å²) in [6.07, 6.45) is 7.65. The zero-order valence-electron chi connectivity index (χ0n) is 17.5. The SMILES string of the molecule is CC(=O)OC1CCC2(C)C(=C(C)C3C2CCC2(C)C(OC(C)=O)CCC32)C1. The van der Waals surface area contributed by atoms with Crippen molar-refractivity contribution in [3.63, 3.8) is 0 Å². The van der Waals surface area contributed by atoms with E-state index >= 15 is 0 Å². The van der Waals surface area contributed by atoms with Gasteiger partial charge in [0.05, 0.1) is 0 Å². The quantitative estimate of drug-likeness (QED) is 0.514. The number of rotatable bonds is 2. The molecule has 0 aromatic rings. The second-order valence-electron chi connectivity index (χ2n) is 10.0. The van der Waals surface area contributed by atoms with Crippen molar-refractivity contribution >= 4 is 11.9 Å². The lowest BCUT2D eigenvalue weighted by Crippen LogP contribution is -2.46. The first-order chi connectivity index (χ1) is 12.7. The van der Waals surface area contributed by atoms with Gasteiger partial charge in [0.15, 0.2) is 0 Å². The van der Waals surface area contributed by atoms with Gasteiger partial charge in [-0.25, -0.2) is 0 Å². The van der Waals surface area contributed by atoms with Gasteiger partial charge >= 0.3 is 11.9 Å². The van der Waals surface area contributed by atoms with Gasteiger partial charge in [-0.15, -0.1) is 0 Å². The van der Waals surface area contributed by atoms with Crippen LogP contribution in [-0.4, -0.2) is 24.1 Å². The molecule has 3 saturated carbocycles. The molecule has 0 saturated heterocycles. The van der Waals surface area contributed by atoms with Crippen LogP contribution >= 0.6 is 0 Å². The molecule has 27 heavy (non-hydrogen) atoms. The number of hydrogen-bond acceptors (Lipinski definition) is 4. The summed E-state index contributed by atoms with van der Waals surface area (Å²) in [5.74, 6) is 1.59. The Balaban J connectivity index is 1.64. The van der Waals surface area contributed by atoms with Crippen molar-refractivity contribution in [1.29, 1.82) is 0 Å². The van der Waals surface area contributed by atoms with Crippen molar-refractivity contribution < 1.29 is 19.1 Å². The minimum atomic E-state index is -0.162. The number of fused-ring (bicyclic) bond motifs is 5. The summed E-state index contributed by atoms with van der Waals surface area (Å²) in [6.45, 7) is 10.2. The van der Waals surface area contributed by atoms with E-state index in [0.717, 1.165) is 38.5 Å². The zero-order valence-corrected chi connectivity index (χ0v) is 17.5. The van der Waals surface area contributed by atoms with Crippen LogP contribution < -0.4 is 0 Å². The third kappa shape index (κ3) is 2.77. The molecule has 4 heteroatoms. The van der Waals surface area contributed by atoms with E-state index in [1.807, 2.05) is 0 Å². The average Bonchev–Trinajstić information content (AvgIpc) is 3.01. The molecule has 0 aliphatic heterocycles. The molecule has 7 unspecified atom stereocenters. The van der Waals surface area contributed by atoms with Crippen LogP contribution in [0.1, 0.15) is 79.6 Å². The van der Waals surface area contributed by atoms with E-state index < -0.39 is 0 Å². The molecule has 0 aromatic carbocycles. The summed E-state index contributed by atoms with van der Waals surface area (Å²) in [5.41, 5.74) is 3.48. The molecule has 4 aliphatic rings. The minimum Gasteiger partial charge on any atom is -0.462 e. The van der Waals surface area contributed by atoms with Gasteiger partial charge in [0.2, 0.25) is 0 Å². The summed E-state index contributed by atoms with van der Waals surface area (Å²) in [7, 11) is 0. The molecule has 3 fully saturated rings. The molecule has 0 aromatic heterocycles. The molecule has 0 bridgehead atoms. The Bertz CT molecular complexity index is 694. The Labute approximate surface area is 163 Å². The standard InChI is InChI=1S/C23H34O4/c1-13-19-12-16(26-14(2)24)8-10-22(19,4)18-9-11-23(5)17(21(13)18)6-7-20(23)27-15(3)25/h16-18,20-21H,6-12H2,1-5H3. The molecule has 0 N–H and O–H groups in total. The Morgan fingerprint density at radius 2 is 1.63 bits per heavy atom. The van der Waals surface area contributed by atoms with E-state index in [9.17, 15) is 9.59 Å². The van der Waals surface area contributed by atoms with Gasteiger partial charge in [0.25, 0.3) is 0 Å². The molecule has 0 radical (unpaired) electrons. The fourth-order valence-corrected chi connectivity index (χ4v) is 7.54. The Morgan fingerprint density at radius 1 is 0.926 bits per heavy atom. The number of esters is 2. The lowest BCUT2D eigenvalue weighted by Gasteiger charge is -2.50. The molecule has 0 heterocycles. The van der Waals surface area contributed by atoms with E-state index in [2.05, 4.69) is 20.8 Å². The number of carbonyl (C=O) groups excluding carboxylic acids is 2. The maximum atomic E-state index is 11.6. The van der Waals surface area contributed by atoms with Crippen LogP contribution in [0.4, 0.5) is 0 Å². The third-order valence-corrected chi connectivity index (χ3v) is 8.73. The van der Waals surface area contributed by atoms with Crippen molar-refractivity contribution in [2.75, 3.05) is 0 Å². The van der Waals surface area contributed by atoms with Crippen molar-refractivity contribution in [1.82, 2.24) is 0 Å². The van der Waals surface area contributed by atoms with E-state index in [-0.39, 0.29) is 35.0 Å². The molecular formula is C23H34O4. The van der Waals surface area contributed by atoms with E-state index in [1.165, 1.54) is 20.3 Å². The largest absolute Gasteiger partial charge is 0.462 e. The summed E-state index contributed by atoms with van der Waals surface area (Å²) in [5, 5.41) is 0. The summed E-state index contributed by atoms with van der Waals surface area (Å²) < 4.78 is 11.3. The van der Waals surface area contributed by atoms with Crippen molar-refractivity contribution in [2.45, 2.75) is 91.8 Å². The minimum absolute atomic E-state index is 0.0458. The highest BCUT2D eigenvalue weighted by atomic mass is 16.5. The molecule has 4 nitrogen and oxygen atoms in total. The highest BCUT2D eigenvalue weighted by molar-refractivity contribution is 5.66. The fraction of sp³-hybridized carbons (Fsp3) is 0.826. The molecule has 7 atom stereocenters. The molecule has 150 valence electrons. The predicted molar refractivity (Wildman–Crippen MR) is 103 cm³/mol. The number of ether oxygens (including phenoxy) is 2. The first-order valence-electron chi connectivity index (χ1n) is 10.7. The van der Waals surface area contributed by atoms with Crippen LogP contribution in [0.3, 0.4) is 0 Å². The highest BCUT2D eigenvalue weighted by Gasteiger charge is 2.62. The van der Waals surface area contributed by atoms with Crippen LogP contribution in [0.2, 0.25) is 0 Å². The number of hydrogen-bond donors (Lipinski definition) is 0. The van der Waals surface area contributed by atoms with Crippen LogP contribution in [0.5, 0.6) is 0 Å². The summed E-state index contributed by atoms with van der Waals surface area (Å²) in [6, 6.07) is 0. The van der Waals surface area contributed by atoms with Gasteiger partial charge in [0, 0.05) is 25.7 Å². The Hall–Kier alpha value is -1.32. The number of allylic oxidation sites excluding steroid dienone is 1. The molecular weight excluding hydrogens is 340 g/mol. The van der Waals surface area contributed by atoms with Gasteiger partial charge in [-0.2, -0.15) is 0 Å². The molecule has 4 rings (SSSR count). The van der Waals surface area contributed by atoms with Gasteiger partial charge in [0.1, 0.15) is 12.2 Å². The lowest BCUT2D eigenvalue weighted by molar-refractivity contribution is -0.155.